The first kappa shape index (κ1) is 14.2. The molecule has 1 saturated carbocycles. The molecule has 0 aromatic heterocycles. The molecule has 2 aliphatic rings. The molecule has 1 aromatic carbocycles. The molecule has 4 heteroatoms. The molecule has 1 aromatic rings. The largest absolute Gasteiger partial charge is 0.374 e. The number of anilines is 1. The zero-order chi connectivity index (χ0) is 13.9. The predicted molar refractivity (Wildman–Crippen MR) is 83.6 cm³/mol. The Bertz CT molecular complexity index is 466. The van der Waals surface area contributed by atoms with Crippen LogP contribution >= 0.6 is 11.6 Å². The smallest absolute Gasteiger partial charge is 0.0779 e. The minimum Gasteiger partial charge on any atom is -0.374 e. The fraction of sp³-hybridized carbons (Fsp3) is 0.625. The Morgan fingerprint density at radius 2 is 2.30 bits per heavy atom. The van der Waals surface area contributed by atoms with Crippen molar-refractivity contribution in [2.75, 3.05) is 24.6 Å². The maximum Gasteiger partial charge on any atom is 0.0779 e. The van der Waals surface area contributed by atoms with E-state index in [1.54, 1.807) is 0 Å². The van der Waals surface area contributed by atoms with Crippen molar-refractivity contribution >= 4 is 17.3 Å². The van der Waals surface area contributed by atoms with Gasteiger partial charge in [-0.25, -0.2) is 0 Å². The first-order valence-electron chi connectivity index (χ1n) is 7.67. The van der Waals surface area contributed by atoms with Crippen LogP contribution < -0.4 is 10.2 Å². The Morgan fingerprint density at radius 1 is 1.40 bits per heavy atom. The van der Waals surface area contributed by atoms with Gasteiger partial charge in [-0.3, -0.25) is 0 Å². The van der Waals surface area contributed by atoms with Gasteiger partial charge in [0.15, 0.2) is 0 Å². The predicted octanol–water partition coefficient (Wildman–Crippen LogP) is 3.21. The molecule has 1 N–H and O–H groups in total. The van der Waals surface area contributed by atoms with E-state index in [4.69, 9.17) is 16.3 Å². The minimum absolute atomic E-state index is 0.412. The average Bonchev–Trinajstić information content (AvgIpc) is 2.94. The maximum atomic E-state index is 6.23. The number of fused-ring (bicyclic) bond motifs is 1. The second-order valence-corrected chi connectivity index (χ2v) is 6.09. The van der Waals surface area contributed by atoms with E-state index < -0.39 is 0 Å². The van der Waals surface area contributed by atoms with Crippen LogP contribution in [0.3, 0.4) is 0 Å². The van der Waals surface area contributed by atoms with Crippen molar-refractivity contribution < 1.29 is 4.74 Å². The van der Waals surface area contributed by atoms with Crippen molar-refractivity contribution in [2.45, 2.75) is 44.9 Å². The summed E-state index contributed by atoms with van der Waals surface area (Å²) >= 11 is 6.23. The molecule has 110 valence electrons. The Balaban J connectivity index is 1.88. The van der Waals surface area contributed by atoms with Crippen LogP contribution in [0.15, 0.2) is 18.2 Å². The van der Waals surface area contributed by atoms with Crippen LogP contribution in [0.5, 0.6) is 0 Å². The molecule has 1 aliphatic carbocycles. The monoisotopic (exact) mass is 294 g/mol. The van der Waals surface area contributed by atoms with Gasteiger partial charge in [0.2, 0.25) is 0 Å². The molecule has 1 saturated heterocycles. The zero-order valence-corrected chi connectivity index (χ0v) is 12.8. The normalized spacial score (nSPS) is 25.8. The Kier molecular flexibility index (Phi) is 4.49. The lowest BCUT2D eigenvalue weighted by molar-refractivity contribution is 0.0256. The molecule has 1 aliphatic heterocycles. The lowest BCUT2D eigenvalue weighted by atomic mass is 10.1. The van der Waals surface area contributed by atoms with Gasteiger partial charge >= 0.3 is 0 Å². The van der Waals surface area contributed by atoms with Crippen molar-refractivity contribution in [3.05, 3.63) is 28.8 Å². The third kappa shape index (κ3) is 2.80. The second kappa shape index (κ2) is 6.33. The van der Waals surface area contributed by atoms with Gasteiger partial charge in [-0.1, -0.05) is 24.6 Å². The van der Waals surface area contributed by atoms with Crippen molar-refractivity contribution in [1.29, 1.82) is 0 Å². The van der Waals surface area contributed by atoms with Crippen LogP contribution in [0.4, 0.5) is 5.69 Å². The van der Waals surface area contributed by atoms with E-state index in [2.05, 4.69) is 29.3 Å². The van der Waals surface area contributed by atoms with Gasteiger partial charge in [-0.2, -0.15) is 0 Å². The minimum atomic E-state index is 0.412. The molecular weight excluding hydrogens is 272 g/mol. The molecule has 2 fully saturated rings. The molecule has 0 amide bonds. The molecule has 0 radical (unpaired) electrons. The van der Waals surface area contributed by atoms with E-state index >= 15 is 0 Å². The summed E-state index contributed by atoms with van der Waals surface area (Å²) in [4.78, 5) is 2.53. The molecule has 1 heterocycles. The fourth-order valence-corrected chi connectivity index (χ4v) is 3.60. The van der Waals surface area contributed by atoms with Gasteiger partial charge in [0, 0.05) is 23.8 Å². The van der Waals surface area contributed by atoms with Crippen LogP contribution in [0.2, 0.25) is 5.02 Å². The summed E-state index contributed by atoms with van der Waals surface area (Å²) in [6, 6.07) is 6.79. The van der Waals surface area contributed by atoms with E-state index in [1.165, 1.54) is 30.5 Å². The van der Waals surface area contributed by atoms with Gasteiger partial charge in [0.1, 0.15) is 0 Å². The summed E-state index contributed by atoms with van der Waals surface area (Å²) in [5.74, 6) is 0. The maximum absolute atomic E-state index is 6.23. The molecule has 0 bridgehead atoms. The number of benzene rings is 1. The molecule has 3 rings (SSSR count). The summed E-state index contributed by atoms with van der Waals surface area (Å²) in [7, 11) is 0. The number of rotatable bonds is 4. The molecular formula is C16H23ClN2O. The lowest BCUT2D eigenvalue weighted by Crippen LogP contribution is -2.49. The van der Waals surface area contributed by atoms with Gasteiger partial charge in [0.05, 0.1) is 18.8 Å². The van der Waals surface area contributed by atoms with Crippen molar-refractivity contribution in [2.24, 2.45) is 0 Å². The topological polar surface area (TPSA) is 24.5 Å². The number of hydrogen-bond acceptors (Lipinski definition) is 3. The van der Waals surface area contributed by atoms with E-state index in [-0.39, 0.29) is 0 Å². The molecule has 2 unspecified atom stereocenters. The van der Waals surface area contributed by atoms with Crippen LogP contribution in [-0.4, -0.2) is 31.8 Å². The Morgan fingerprint density at radius 3 is 3.15 bits per heavy atom. The van der Waals surface area contributed by atoms with Gasteiger partial charge < -0.3 is 15.0 Å². The van der Waals surface area contributed by atoms with Crippen molar-refractivity contribution in [1.82, 2.24) is 5.32 Å². The van der Waals surface area contributed by atoms with Gasteiger partial charge in [-0.05, 0) is 43.5 Å². The van der Waals surface area contributed by atoms with Crippen molar-refractivity contribution in [3.8, 4) is 0 Å². The Labute approximate surface area is 126 Å². The molecule has 20 heavy (non-hydrogen) atoms. The van der Waals surface area contributed by atoms with Crippen LogP contribution in [0.25, 0.3) is 0 Å². The standard InChI is InChI=1S/C16H23ClN2O/c1-2-18-11-12-6-7-13(17)10-15(12)19-8-9-20-16-5-3-4-14(16)19/h6-7,10,14,16,18H,2-5,8-9,11H2,1H3. The van der Waals surface area contributed by atoms with E-state index in [0.29, 0.717) is 12.1 Å². The highest BCUT2D eigenvalue weighted by Gasteiger charge is 2.36. The highest BCUT2D eigenvalue weighted by atomic mass is 35.5. The van der Waals surface area contributed by atoms with Crippen molar-refractivity contribution in [3.63, 3.8) is 0 Å². The van der Waals surface area contributed by atoms with Crippen LogP contribution in [0.1, 0.15) is 31.7 Å². The number of ether oxygens (including phenoxy) is 1. The van der Waals surface area contributed by atoms with Gasteiger partial charge in [-0.15, -0.1) is 0 Å². The van der Waals surface area contributed by atoms with E-state index in [0.717, 1.165) is 31.3 Å². The van der Waals surface area contributed by atoms with Gasteiger partial charge in [0.25, 0.3) is 0 Å². The number of nitrogens with zero attached hydrogens (tertiary/aromatic N) is 1. The summed E-state index contributed by atoms with van der Waals surface area (Å²) in [6.45, 7) is 5.82. The number of hydrogen-bond donors (Lipinski definition) is 1. The zero-order valence-electron chi connectivity index (χ0n) is 12.1. The quantitative estimate of drug-likeness (QED) is 0.923. The Hall–Kier alpha value is -0.770. The average molecular weight is 295 g/mol. The first-order chi connectivity index (χ1) is 9.79. The first-order valence-corrected chi connectivity index (χ1v) is 8.04. The molecule has 3 nitrogen and oxygen atoms in total. The number of nitrogens with one attached hydrogen (secondary N) is 1. The van der Waals surface area contributed by atoms with E-state index in [9.17, 15) is 0 Å². The number of morpholine rings is 1. The highest BCUT2D eigenvalue weighted by molar-refractivity contribution is 6.30. The van der Waals surface area contributed by atoms with E-state index in [1.807, 2.05) is 6.07 Å². The summed E-state index contributed by atoms with van der Waals surface area (Å²) < 4.78 is 5.91. The SMILES string of the molecule is CCNCc1ccc(Cl)cc1N1CCOC2CCCC21. The lowest BCUT2D eigenvalue weighted by Gasteiger charge is -2.40. The third-order valence-electron chi connectivity index (χ3n) is 4.40. The van der Waals surface area contributed by atoms with Crippen LogP contribution in [-0.2, 0) is 11.3 Å². The summed E-state index contributed by atoms with van der Waals surface area (Å²) in [5, 5.41) is 4.24. The summed E-state index contributed by atoms with van der Waals surface area (Å²) in [5.41, 5.74) is 2.63. The third-order valence-corrected chi connectivity index (χ3v) is 4.64. The number of halogens is 1. The summed E-state index contributed by atoms with van der Waals surface area (Å²) in [6.07, 6.45) is 4.12. The molecule has 2 atom stereocenters. The van der Waals surface area contributed by atoms with Crippen LogP contribution in [0, 0.1) is 0 Å². The highest BCUT2D eigenvalue weighted by Crippen LogP contribution is 2.35. The molecule has 0 spiro atoms. The second-order valence-electron chi connectivity index (χ2n) is 5.65. The fourth-order valence-electron chi connectivity index (χ4n) is 3.44.